The zero-order valence-corrected chi connectivity index (χ0v) is 14.5. The van der Waals surface area contributed by atoms with E-state index in [2.05, 4.69) is 15.0 Å². The predicted molar refractivity (Wildman–Crippen MR) is 93.6 cm³/mol. The number of ether oxygens (including phenoxy) is 1. The smallest absolute Gasteiger partial charge is 0.240 e. The minimum Gasteiger partial charge on any atom is -0.377 e. The first kappa shape index (κ1) is 16.9. The van der Waals surface area contributed by atoms with E-state index in [1.54, 1.807) is 4.90 Å². The van der Waals surface area contributed by atoms with Crippen molar-refractivity contribution in [3.8, 4) is 5.95 Å². The molecule has 3 aromatic rings. The Morgan fingerprint density at radius 1 is 1.27 bits per heavy atom. The van der Waals surface area contributed by atoms with Crippen LogP contribution in [0.4, 0.5) is 20.5 Å². The van der Waals surface area contributed by atoms with Gasteiger partial charge in [-0.2, -0.15) is 14.4 Å². The van der Waals surface area contributed by atoms with Gasteiger partial charge < -0.3 is 15.4 Å². The molecule has 0 saturated carbocycles. The number of nitrogen functional groups attached to an aromatic ring is 1. The molecule has 26 heavy (non-hydrogen) atoms. The summed E-state index contributed by atoms with van der Waals surface area (Å²) in [6.07, 6.45) is 0. The Labute approximate surface area is 152 Å². The molecular formula is C16H15ClF2N6O. The van der Waals surface area contributed by atoms with Crippen molar-refractivity contribution in [2.75, 3.05) is 30.4 Å². The molecule has 1 aromatic carbocycles. The van der Waals surface area contributed by atoms with Crippen molar-refractivity contribution < 1.29 is 13.5 Å². The summed E-state index contributed by atoms with van der Waals surface area (Å²) in [7, 11) is 0. The van der Waals surface area contributed by atoms with Crippen LogP contribution >= 0.6 is 11.6 Å². The summed E-state index contributed by atoms with van der Waals surface area (Å²) >= 11 is 6.01. The van der Waals surface area contributed by atoms with E-state index in [0.29, 0.717) is 30.8 Å². The summed E-state index contributed by atoms with van der Waals surface area (Å²) in [6.45, 7) is 3.27. The highest BCUT2D eigenvalue weighted by atomic mass is 35.5. The summed E-state index contributed by atoms with van der Waals surface area (Å²) in [5.74, 6) is -0.966. The molecule has 136 valence electrons. The molecule has 1 fully saturated rings. The molecular weight excluding hydrogens is 366 g/mol. The highest BCUT2D eigenvalue weighted by molar-refractivity contribution is 6.29. The van der Waals surface area contributed by atoms with Gasteiger partial charge >= 0.3 is 0 Å². The van der Waals surface area contributed by atoms with Crippen molar-refractivity contribution >= 4 is 34.4 Å². The average molecular weight is 381 g/mol. The maximum absolute atomic E-state index is 14.6. The fraction of sp³-hybridized carbons (Fsp3) is 0.312. The number of aromatic nitrogens is 4. The van der Waals surface area contributed by atoms with E-state index in [1.165, 1.54) is 22.8 Å². The van der Waals surface area contributed by atoms with Crippen molar-refractivity contribution in [1.82, 2.24) is 19.5 Å². The van der Waals surface area contributed by atoms with E-state index >= 15 is 0 Å². The minimum absolute atomic E-state index is 0.0502. The number of nitrogens with zero attached hydrogens (tertiary/aromatic N) is 5. The number of halogens is 3. The van der Waals surface area contributed by atoms with Crippen molar-refractivity contribution in [2.45, 2.75) is 13.0 Å². The summed E-state index contributed by atoms with van der Waals surface area (Å²) < 4.78 is 34.8. The van der Waals surface area contributed by atoms with Crippen LogP contribution in [0.15, 0.2) is 18.2 Å². The highest BCUT2D eigenvalue weighted by Crippen LogP contribution is 2.29. The van der Waals surface area contributed by atoms with E-state index in [-0.39, 0.29) is 28.9 Å². The van der Waals surface area contributed by atoms with Gasteiger partial charge in [0, 0.05) is 12.6 Å². The molecule has 4 rings (SSSR count). The highest BCUT2D eigenvalue weighted by Gasteiger charge is 2.27. The Kier molecular flexibility index (Phi) is 4.12. The molecule has 1 atom stereocenters. The first-order valence-corrected chi connectivity index (χ1v) is 8.35. The molecule has 0 amide bonds. The second-order valence-corrected chi connectivity index (χ2v) is 6.37. The van der Waals surface area contributed by atoms with Crippen LogP contribution in [0, 0.1) is 11.6 Å². The van der Waals surface area contributed by atoms with Crippen molar-refractivity contribution in [3.05, 3.63) is 35.0 Å². The third-order valence-corrected chi connectivity index (χ3v) is 4.51. The van der Waals surface area contributed by atoms with E-state index in [4.69, 9.17) is 22.1 Å². The lowest BCUT2D eigenvalue weighted by molar-refractivity contribution is 0.0981. The SMILES string of the molecule is C[C@@H]1COCCN1c1nc(-n2c(N)nc3cc(F)ccc32)nc(Cl)c1F. The quantitative estimate of drug-likeness (QED) is 0.688. The van der Waals surface area contributed by atoms with Crippen LogP contribution in [0.1, 0.15) is 6.92 Å². The van der Waals surface area contributed by atoms with E-state index < -0.39 is 11.6 Å². The number of hydrogen-bond acceptors (Lipinski definition) is 6. The molecule has 7 nitrogen and oxygen atoms in total. The van der Waals surface area contributed by atoms with Crippen LogP contribution in [-0.2, 0) is 4.74 Å². The van der Waals surface area contributed by atoms with Crippen molar-refractivity contribution in [2.24, 2.45) is 0 Å². The molecule has 1 aliphatic rings. The lowest BCUT2D eigenvalue weighted by Crippen LogP contribution is -2.44. The van der Waals surface area contributed by atoms with Gasteiger partial charge in [0.05, 0.1) is 30.3 Å². The van der Waals surface area contributed by atoms with E-state index in [1.807, 2.05) is 6.92 Å². The fourth-order valence-electron chi connectivity index (χ4n) is 3.01. The standard InChI is InChI=1S/C16H15ClF2N6O/c1-8-7-26-5-4-24(8)14-12(19)13(17)22-16(23-14)25-11-3-2-9(18)6-10(11)21-15(25)20/h2-3,6,8H,4-5,7H2,1H3,(H2,20,21)/t8-/m1/s1. The Hall–Kier alpha value is -2.52. The monoisotopic (exact) mass is 380 g/mol. The summed E-state index contributed by atoms with van der Waals surface area (Å²) in [4.78, 5) is 14.2. The maximum Gasteiger partial charge on any atom is 0.240 e. The molecule has 2 aromatic heterocycles. The van der Waals surface area contributed by atoms with Gasteiger partial charge in [0.25, 0.3) is 0 Å². The zero-order valence-electron chi connectivity index (χ0n) is 13.8. The molecule has 0 radical (unpaired) electrons. The Balaban J connectivity index is 1.89. The molecule has 1 saturated heterocycles. The topological polar surface area (TPSA) is 82.1 Å². The van der Waals surface area contributed by atoms with Crippen LogP contribution in [-0.4, -0.2) is 45.3 Å². The first-order chi connectivity index (χ1) is 12.5. The fourth-order valence-corrected chi connectivity index (χ4v) is 3.17. The number of anilines is 2. The minimum atomic E-state index is -0.710. The number of benzene rings is 1. The number of nitrogens with two attached hydrogens (primary N) is 1. The third-order valence-electron chi connectivity index (χ3n) is 4.26. The number of morpholine rings is 1. The Bertz CT molecular complexity index is 995. The Morgan fingerprint density at radius 2 is 2.08 bits per heavy atom. The van der Waals surface area contributed by atoms with Crippen molar-refractivity contribution in [1.29, 1.82) is 0 Å². The molecule has 3 heterocycles. The lowest BCUT2D eigenvalue weighted by Gasteiger charge is -2.34. The van der Waals surface area contributed by atoms with Gasteiger partial charge in [-0.05, 0) is 19.1 Å². The second kappa shape index (κ2) is 6.33. The van der Waals surface area contributed by atoms with E-state index in [9.17, 15) is 8.78 Å². The zero-order chi connectivity index (χ0) is 18.4. The van der Waals surface area contributed by atoms with Crippen molar-refractivity contribution in [3.63, 3.8) is 0 Å². The van der Waals surface area contributed by atoms with Gasteiger partial charge in [-0.25, -0.2) is 13.9 Å². The summed E-state index contributed by atoms with van der Waals surface area (Å²) in [6, 6.07) is 3.95. The normalized spacial score (nSPS) is 17.8. The van der Waals surface area contributed by atoms with Crippen LogP contribution in [0.25, 0.3) is 17.0 Å². The van der Waals surface area contributed by atoms with Crippen LogP contribution < -0.4 is 10.6 Å². The van der Waals surface area contributed by atoms with Crippen LogP contribution in [0.5, 0.6) is 0 Å². The average Bonchev–Trinajstić information content (AvgIpc) is 2.93. The molecule has 0 spiro atoms. The second-order valence-electron chi connectivity index (χ2n) is 6.01. The van der Waals surface area contributed by atoms with Crippen LogP contribution in [0.2, 0.25) is 5.15 Å². The first-order valence-electron chi connectivity index (χ1n) is 7.97. The summed E-state index contributed by atoms with van der Waals surface area (Å²) in [5.41, 5.74) is 6.79. The van der Waals surface area contributed by atoms with Crippen LogP contribution in [0.3, 0.4) is 0 Å². The van der Waals surface area contributed by atoms with Gasteiger partial charge in [0.1, 0.15) is 5.82 Å². The molecule has 2 N–H and O–H groups in total. The van der Waals surface area contributed by atoms with Gasteiger partial charge in [0.15, 0.2) is 11.0 Å². The number of rotatable bonds is 2. The summed E-state index contributed by atoms with van der Waals surface area (Å²) in [5, 5.41) is -0.327. The maximum atomic E-state index is 14.6. The largest absolute Gasteiger partial charge is 0.377 e. The number of hydrogen-bond donors (Lipinski definition) is 1. The molecule has 1 aliphatic heterocycles. The van der Waals surface area contributed by atoms with E-state index in [0.717, 1.165) is 0 Å². The van der Waals surface area contributed by atoms with Gasteiger partial charge in [-0.1, -0.05) is 11.6 Å². The van der Waals surface area contributed by atoms with Gasteiger partial charge in [-0.3, -0.25) is 0 Å². The predicted octanol–water partition coefficient (Wildman–Crippen LogP) is 2.55. The molecule has 0 bridgehead atoms. The van der Waals surface area contributed by atoms with Gasteiger partial charge in [0.2, 0.25) is 17.7 Å². The molecule has 0 aliphatic carbocycles. The Morgan fingerprint density at radius 3 is 2.85 bits per heavy atom. The van der Waals surface area contributed by atoms with Gasteiger partial charge in [-0.15, -0.1) is 0 Å². The lowest BCUT2D eigenvalue weighted by atomic mass is 10.2. The third kappa shape index (κ3) is 2.73. The number of fused-ring (bicyclic) bond motifs is 1. The molecule has 0 unspecified atom stereocenters. The molecule has 10 heteroatoms. The number of imidazole rings is 1.